The Bertz CT molecular complexity index is 816. The molecular formula is C18H21NO4S. The van der Waals surface area contributed by atoms with Gasteiger partial charge in [-0.15, -0.1) is 0 Å². The summed E-state index contributed by atoms with van der Waals surface area (Å²) in [5.41, 5.74) is 1.40. The van der Waals surface area contributed by atoms with Gasteiger partial charge in [-0.2, -0.15) is 0 Å². The zero-order chi connectivity index (χ0) is 17.7. The minimum atomic E-state index is -3.82. The second-order valence-corrected chi connectivity index (χ2v) is 7.37. The van der Waals surface area contributed by atoms with Crippen molar-refractivity contribution in [3.8, 4) is 0 Å². The highest BCUT2D eigenvalue weighted by molar-refractivity contribution is 7.89. The van der Waals surface area contributed by atoms with E-state index >= 15 is 0 Å². The summed E-state index contributed by atoms with van der Waals surface area (Å²) in [7, 11) is -3.82. The maximum Gasteiger partial charge on any atom is 0.335 e. The van der Waals surface area contributed by atoms with Crippen molar-refractivity contribution < 1.29 is 18.3 Å². The van der Waals surface area contributed by atoms with Crippen LogP contribution < -0.4 is 4.72 Å². The van der Waals surface area contributed by atoms with Crippen LogP contribution in [0.5, 0.6) is 0 Å². The van der Waals surface area contributed by atoms with E-state index in [9.17, 15) is 18.3 Å². The smallest absolute Gasteiger partial charge is 0.335 e. The summed E-state index contributed by atoms with van der Waals surface area (Å²) >= 11 is 0. The van der Waals surface area contributed by atoms with Crippen LogP contribution in [0.15, 0.2) is 53.4 Å². The van der Waals surface area contributed by atoms with Crippen LogP contribution in [-0.2, 0) is 10.0 Å². The molecule has 0 aliphatic rings. The van der Waals surface area contributed by atoms with Gasteiger partial charge in [-0.1, -0.05) is 49.7 Å². The van der Waals surface area contributed by atoms with E-state index in [-0.39, 0.29) is 16.5 Å². The summed E-state index contributed by atoms with van der Waals surface area (Å²) in [5, 5.41) is 9.18. The van der Waals surface area contributed by atoms with Gasteiger partial charge in [0, 0.05) is 6.04 Å². The molecule has 0 saturated carbocycles. The Labute approximate surface area is 142 Å². The van der Waals surface area contributed by atoms with Crippen molar-refractivity contribution >= 4 is 16.0 Å². The van der Waals surface area contributed by atoms with Gasteiger partial charge in [-0.25, -0.2) is 17.9 Å². The molecule has 2 aromatic carbocycles. The normalized spacial score (nSPS) is 12.8. The molecule has 6 heteroatoms. The van der Waals surface area contributed by atoms with Gasteiger partial charge in [0.25, 0.3) is 0 Å². The number of sulfonamides is 1. The van der Waals surface area contributed by atoms with E-state index in [0.717, 1.165) is 12.0 Å². The third-order valence-corrected chi connectivity index (χ3v) is 5.30. The third kappa shape index (κ3) is 4.21. The maximum absolute atomic E-state index is 12.7. The largest absolute Gasteiger partial charge is 0.478 e. The number of aryl methyl sites for hydroxylation is 1. The van der Waals surface area contributed by atoms with E-state index in [1.807, 2.05) is 37.3 Å². The summed E-state index contributed by atoms with van der Waals surface area (Å²) in [4.78, 5) is 11.2. The summed E-state index contributed by atoms with van der Waals surface area (Å²) in [6.07, 6.45) is 1.47. The van der Waals surface area contributed by atoms with Gasteiger partial charge in [0.05, 0.1) is 10.5 Å². The van der Waals surface area contributed by atoms with Crippen LogP contribution in [-0.4, -0.2) is 19.5 Å². The molecule has 0 radical (unpaired) electrons. The minimum absolute atomic E-state index is 0.00960. The van der Waals surface area contributed by atoms with Gasteiger partial charge in [0.1, 0.15) is 0 Å². The summed E-state index contributed by atoms with van der Waals surface area (Å²) in [5.74, 6) is -1.14. The van der Waals surface area contributed by atoms with Crippen LogP contribution in [0, 0.1) is 6.92 Å². The fourth-order valence-corrected chi connectivity index (χ4v) is 3.81. The third-order valence-electron chi connectivity index (χ3n) is 3.83. The molecule has 2 N–H and O–H groups in total. The standard InChI is InChI=1S/C18H21NO4S/c1-3-7-17(14-8-5-4-6-9-14)19-24(22,23)15-11-10-13(2)16(12-15)18(20)21/h4-6,8-12,17,19H,3,7H2,1-2H3,(H,20,21). The van der Waals surface area contributed by atoms with Crippen molar-refractivity contribution in [1.82, 2.24) is 4.72 Å². The number of carbonyl (C=O) groups is 1. The number of benzene rings is 2. The zero-order valence-corrected chi connectivity index (χ0v) is 14.5. The first-order chi connectivity index (χ1) is 11.3. The number of hydrogen-bond donors (Lipinski definition) is 2. The maximum atomic E-state index is 12.7. The Hall–Kier alpha value is -2.18. The molecule has 2 aromatic rings. The Morgan fingerprint density at radius 3 is 2.42 bits per heavy atom. The molecule has 1 atom stereocenters. The average molecular weight is 347 g/mol. The lowest BCUT2D eigenvalue weighted by Crippen LogP contribution is -2.29. The first-order valence-electron chi connectivity index (χ1n) is 7.76. The molecule has 0 aromatic heterocycles. The van der Waals surface area contributed by atoms with E-state index in [1.165, 1.54) is 18.2 Å². The van der Waals surface area contributed by atoms with Crippen molar-refractivity contribution in [3.05, 3.63) is 65.2 Å². The highest BCUT2D eigenvalue weighted by Crippen LogP contribution is 2.23. The Kier molecular flexibility index (Phi) is 5.75. The van der Waals surface area contributed by atoms with E-state index in [1.54, 1.807) is 6.92 Å². The molecule has 1 unspecified atom stereocenters. The van der Waals surface area contributed by atoms with Crippen LogP contribution >= 0.6 is 0 Å². The number of nitrogens with one attached hydrogen (secondary N) is 1. The van der Waals surface area contributed by atoms with Gasteiger partial charge < -0.3 is 5.11 Å². The lowest BCUT2D eigenvalue weighted by molar-refractivity contribution is 0.0696. The van der Waals surface area contributed by atoms with Crippen LogP contribution in [0.2, 0.25) is 0 Å². The zero-order valence-electron chi connectivity index (χ0n) is 13.7. The lowest BCUT2D eigenvalue weighted by Gasteiger charge is -2.19. The fourth-order valence-electron chi connectivity index (χ4n) is 2.52. The molecule has 24 heavy (non-hydrogen) atoms. The molecule has 0 bridgehead atoms. The molecule has 0 amide bonds. The summed E-state index contributed by atoms with van der Waals surface area (Å²) in [6, 6.07) is 13.1. The van der Waals surface area contributed by atoms with Crippen molar-refractivity contribution in [2.45, 2.75) is 37.6 Å². The van der Waals surface area contributed by atoms with Crippen molar-refractivity contribution in [3.63, 3.8) is 0 Å². The SMILES string of the molecule is CCCC(NS(=O)(=O)c1ccc(C)c(C(=O)O)c1)c1ccccc1. The van der Waals surface area contributed by atoms with Gasteiger partial charge in [0.2, 0.25) is 10.0 Å². The highest BCUT2D eigenvalue weighted by Gasteiger charge is 2.22. The van der Waals surface area contributed by atoms with Crippen LogP contribution in [0.3, 0.4) is 0 Å². The van der Waals surface area contributed by atoms with E-state index in [0.29, 0.717) is 12.0 Å². The van der Waals surface area contributed by atoms with Crippen molar-refractivity contribution in [1.29, 1.82) is 0 Å². The van der Waals surface area contributed by atoms with Crippen LogP contribution in [0.1, 0.15) is 47.3 Å². The Balaban J connectivity index is 2.35. The predicted molar refractivity (Wildman–Crippen MR) is 92.6 cm³/mol. The van der Waals surface area contributed by atoms with Crippen molar-refractivity contribution in [2.24, 2.45) is 0 Å². The minimum Gasteiger partial charge on any atom is -0.478 e. The topological polar surface area (TPSA) is 83.5 Å². The molecule has 0 aliphatic heterocycles. The van der Waals surface area contributed by atoms with Crippen molar-refractivity contribution in [2.75, 3.05) is 0 Å². The Morgan fingerprint density at radius 2 is 1.83 bits per heavy atom. The number of aromatic carboxylic acids is 1. The number of carboxylic acid groups (broad SMARTS) is 1. The first-order valence-corrected chi connectivity index (χ1v) is 9.24. The van der Waals surface area contributed by atoms with Crippen LogP contribution in [0.25, 0.3) is 0 Å². The van der Waals surface area contributed by atoms with Gasteiger partial charge in [0.15, 0.2) is 0 Å². The molecule has 5 nitrogen and oxygen atoms in total. The second kappa shape index (κ2) is 7.59. The molecular weight excluding hydrogens is 326 g/mol. The highest BCUT2D eigenvalue weighted by atomic mass is 32.2. The average Bonchev–Trinajstić information content (AvgIpc) is 2.55. The number of hydrogen-bond acceptors (Lipinski definition) is 3. The Morgan fingerprint density at radius 1 is 1.17 bits per heavy atom. The lowest BCUT2D eigenvalue weighted by atomic mass is 10.0. The predicted octanol–water partition coefficient (Wildman–Crippen LogP) is 3.51. The van der Waals surface area contributed by atoms with Crippen LogP contribution in [0.4, 0.5) is 0 Å². The molecule has 0 aliphatic carbocycles. The van der Waals surface area contributed by atoms with Gasteiger partial charge in [-0.05, 0) is 36.6 Å². The summed E-state index contributed by atoms with van der Waals surface area (Å²) in [6.45, 7) is 3.62. The molecule has 0 spiro atoms. The fraction of sp³-hybridized carbons (Fsp3) is 0.278. The quantitative estimate of drug-likeness (QED) is 0.803. The van der Waals surface area contributed by atoms with E-state index in [2.05, 4.69) is 4.72 Å². The number of rotatable bonds is 7. The molecule has 2 rings (SSSR count). The summed E-state index contributed by atoms with van der Waals surface area (Å²) < 4.78 is 28.0. The molecule has 128 valence electrons. The molecule has 0 fully saturated rings. The number of carboxylic acids is 1. The second-order valence-electron chi connectivity index (χ2n) is 5.66. The monoisotopic (exact) mass is 347 g/mol. The molecule has 0 heterocycles. The first kappa shape index (κ1) is 18.2. The van der Waals surface area contributed by atoms with Gasteiger partial charge >= 0.3 is 5.97 Å². The molecule has 0 saturated heterocycles. The van der Waals surface area contributed by atoms with Gasteiger partial charge in [-0.3, -0.25) is 0 Å². The van der Waals surface area contributed by atoms with E-state index in [4.69, 9.17) is 0 Å². The van der Waals surface area contributed by atoms with E-state index < -0.39 is 16.0 Å².